The number of carbonyl (C=O) groups excluding carboxylic acids is 2. The van der Waals surface area contributed by atoms with Gasteiger partial charge in [-0.05, 0) is 24.3 Å². The van der Waals surface area contributed by atoms with Crippen molar-refractivity contribution in [1.82, 2.24) is 4.98 Å². The number of hydrogen-bond donors (Lipinski definition) is 2. The average Bonchev–Trinajstić information content (AvgIpc) is 2.84. The fourth-order valence-electron chi connectivity index (χ4n) is 1.46. The van der Waals surface area contributed by atoms with E-state index in [4.69, 9.17) is 10.5 Å². The summed E-state index contributed by atoms with van der Waals surface area (Å²) in [7, 11) is 0. The summed E-state index contributed by atoms with van der Waals surface area (Å²) in [5.74, 6) is -0.184. The monoisotopic (exact) mass is 369 g/mol. The van der Waals surface area contributed by atoms with E-state index in [1.54, 1.807) is 17.5 Å². The smallest absolute Gasteiger partial charge is 0.264 e. The van der Waals surface area contributed by atoms with Crippen LogP contribution >= 0.6 is 27.3 Å². The molecule has 2 rings (SSSR count). The molecule has 21 heavy (non-hydrogen) atoms. The molecular weight excluding hydrogens is 358 g/mol. The number of anilines is 1. The molecule has 0 radical (unpaired) electrons. The molecule has 0 fully saturated rings. The Morgan fingerprint density at radius 2 is 2.05 bits per heavy atom. The Kier molecular flexibility index (Phi) is 5.29. The van der Waals surface area contributed by atoms with E-state index in [1.807, 2.05) is 12.1 Å². The zero-order valence-corrected chi connectivity index (χ0v) is 13.2. The first-order chi connectivity index (χ1) is 10.0. The highest BCUT2D eigenvalue weighted by Crippen LogP contribution is 2.17. The van der Waals surface area contributed by atoms with Gasteiger partial charge in [0.1, 0.15) is 5.75 Å². The number of amides is 2. The van der Waals surface area contributed by atoms with Crippen LogP contribution in [0.15, 0.2) is 34.1 Å². The molecule has 2 amide bonds. The first kappa shape index (κ1) is 15.5. The van der Waals surface area contributed by atoms with E-state index in [-0.39, 0.29) is 18.9 Å². The molecule has 2 aromatic rings. The molecule has 0 saturated heterocycles. The number of primary amides is 1. The second kappa shape index (κ2) is 7.19. The molecule has 3 N–H and O–H groups in total. The zero-order chi connectivity index (χ0) is 15.2. The highest BCUT2D eigenvalue weighted by Gasteiger charge is 2.09. The van der Waals surface area contributed by atoms with Crippen LogP contribution in [0.2, 0.25) is 0 Å². The first-order valence-electron chi connectivity index (χ1n) is 5.94. The number of thiazole rings is 1. The number of nitrogens with one attached hydrogen (secondary N) is 1. The van der Waals surface area contributed by atoms with Crippen molar-refractivity contribution >= 4 is 44.2 Å². The normalized spacial score (nSPS) is 10.1. The minimum Gasteiger partial charge on any atom is -0.484 e. The van der Waals surface area contributed by atoms with Gasteiger partial charge in [0.15, 0.2) is 11.7 Å². The summed E-state index contributed by atoms with van der Waals surface area (Å²) in [5, 5.41) is 4.69. The molecule has 1 heterocycles. The van der Waals surface area contributed by atoms with Crippen molar-refractivity contribution in [3.8, 4) is 5.75 Å². The van der Waals surface area contributed by atoms with E-state index < -0.39 is 5.91 Å². The van der Waals surface area contributed by atoms with E-state index in [1.165, 1.54) is 11.3 Å². The minimum absolute atomic E-state index is 0.0573. The van der Waals surface area contributed by atoms with Crippen molar-refractivity contribution in [1.29, 1.82) is 0 Å². The van der Waals surface area contributed by atoms with E-state index in [0.29, 0.717) is 16.6 Å². The molecule has 0 unspecified atom stereocenters. The molecule has 1 aromatic heterocycles. The molecule has 0 saturated carbocycles. The Labute approximate surface area is 133 Å². The highest BCUT2D eigenvalue weighted by molar-refractivity contribution is 9.10. The Balaban J connectivity index is 1.82. The van der Waals surface area contributed by atoms with Crippen LogP contribution in [0.25, 0.3) is 0 Å². The molecule has 0 bridgehead atoms. The van der Waals surface area contributed by atoms with Gasteiger partial charge in [-0.2, -0.15) is 0 Å². The molecule has 0 aliphatic carbocycles. The quantitative estimate of drug-likeness (QED) is 0.813. The van der Waals surface area contributed by atoms with Gasteiger partial charge in [0.05, 0.1) is 12.1 Å². The number of aromatic nitrogens is 1. The number of nitrogens with two attached hydrogens (primary N) is 1. The minimum atomic E-state index is -0.461. The molecule has 1 aromatic carbocycles. The lowest BCUT2D eigenvalue weighted by molar-refractivity contribution is -0.118. The van der Waals surface area contributed by atoms with E-state index in [0.717, 1.165) is 4.47 Å². The Morgan fingerprint density at radius 1 is 1.33 bits per heavy atom. The van der Waals surface area contributed by atoms with Crippen LogP contribution in [0.5, 0.6) is 5.75 Å². The maximum absolute atomic E-state index is 11.7. The summed E-state index contributed by atoms with van der Waals surface area (Å²) < 4.78 is 6.27. The van der Waals surface area contributed by atoms with Crippen molar-refractivity contribution in [3.63, 3.8) is 0 Å². The molecule has 0 spiro atoms. The van der Waals surface area contributed by atoms with Gasteiger partial charge >= 0.3 is 0 Å². The van der Waals surface area contributed by atoms with Gasteiger partial charge in [-0.3, -0.25) is 14.9 Å². The van der Waals surface area contributed by atoms with Gasteiger partial charge in [0.2, 0.25) is 5.91 Å². The number of ether oxygens (including phenoxy) is 1. The van der Waals surface area contributed by atoms with Gasteiger partial charge in [-0.25, -0.2) is 4.98 Å². The predicted molar refractivity (Wildman–Crippen MR) is 83.3 cm³/mol. The molecule has 8 heteroatoms. The van der Waals surface area contributed by atoms with Gasteiger partial charge in [0, 0.05) is 9.85 Å². The van der Waals surface area contributed by atoms with Crippen molar-refractivity contribution < 1.29 is 14.3 Å². The van der Waals surface area contributed by atoms with Crippen molar-refractivity contribution in [2.24, 2.45) is 5.73 Å². The SMILES string of the molecule is NC(=O)Cc1csc(NC(=O)COc2ccc(Br)cc2)n1. The predicted octanol–water partition coefficient (Wildman–Crippen LogP) is 1.95. The lowest BCUT2D eigenvalue weighted by Crippen LogP contribution is -2.20. The third-order valence-electron chi connectivity index (χ3n) is 2.34. The Hall–Kier alpha value is -1.93. The van der Waals surface area contributed by atoms with Gasteiger partial charge in [0.25, 0.3) is 5.91 Å². The number of rotatable bonds is 6. The molecule has 0 atom stereocenters. The van der Waals surface area contributed by atoms with Crippen LogP contribution in [0, 0.1) is 0 Å². The number of hydrogen-bond acceptors (Lipinski definition) is 5. The highest BCUT2D eigenvalue weighted by atomic mass is 79.9. The summed E-state index contributed by atoms with van der Waals surface area (Å²) >= 11 is 4.55. The Morgan fingerprint density at radius 3 is 2.71 bits per heavy atom. The third kappa shape index (κ3) is 5.16. The van der Waals surface area contributed by atoms with Crippen LogP contribution < -0.4 is 15.8 Å². The first-order valence-corrected chi connectivity index (χ1v) is 7.61. The number of nitrogens with zero attached hydrogens (tertiary/aromatic N) is 1. The van der Waals surface area contributed by atoms with Crippen molar-refractivity contribution in [3.05, 3.63) is 39.8 Å². The van der Waals surface area contributed by atoms with Gasteiger partial charge < -0.3 is 10.5 Å². The molecule has 0 aliphatic heterocycles. The largest absolute Gasteiger partial charge is 0.484 e. The van der Waals surface area contributed by atoms with Crippen LogP contribution in [-0.2, 0) is 16.0 Å². The lowest BCUT2D eigenvalue weighted by atomic mass is 10.3. The standard InChI is InChI=1S/C13H12BrN3O3S/c14-8-1-3-10(4-2-8)20-6-12(19)17-13-16-9(7-21-13)5-11(15)18/h1-4,7H,5-6H2,(H2,15,18)(H,16,17,19). The number of halogens is 1. The topological polar surface area (TPSA) is 94.3 Å². The summed E-state index contributed by atoms with van der Waals surface area (Å²) in [6.07, 6.45) is 0.0573. The molecule has 0 aliphatic rings. The van der Waals surface area contributed by atoms with E-state index >= 15 is 0 Å². The second-order valence-corrected chi connectivity index (χ2v) is 5.85. The van der Waals surface area contributed by atoms with Crippen molar-refractivity contribution in [2.45, 2.75) is 6.42 Å². The fourth-order valence-corrected chi connectivity index (χ4v) is 2.45. The Bertz CT molecular complexity index is 642. The van der Waals surface area contributed by atoms with Gasteiger partial charge in [-0.15, -0.1) is 11.3 Å². The molecule has 6 nitrogen and oxygen atoms in total. The summed E-state index contributed by atoms with van der Waals surface area (Å²) in [6.45, 7) is -0.119. The van der Waals surface area contributed by atoms with Crippen LogP contribution in [0.1, 0.15) is 5.69 Å². The second-order valence-electron chi connectivity index (χ2n) is 4.08. The number of benzene rings is 1. The maximum Gasteiger partial charge on any atom is 0.264 e. The van der Waals surface area contributed by atoms with Crippen molar-refractivity contribution in [2.75, 3.05) is 11.9 Å². The number of carbonyl (C=O) groups is 2. The summed E-state index contributed by atoms with van der Waals surface area (Å²) in [5.41, 5.74) is 5.61. The zero-order valence-electron chi connectivity index (χ0n) is 10.8. The fraction of sp³-hybridized carbons (Fsp3) is 0.154. The molecular formula is C13H12BrN3O3S. The molecule has 110 valence electrons. The van der Waals surface area contributed by atoms with Crippen LogP contribution in [-0.4, -0.2) is 23.4 Å². The van der Waals surface area contributed by atoms with E-state index in [2.05, 4.69) is 26.2 Å². The van der Waals surface area contributed by atoms with Gasteiger partial charge in [-0.1, -0.05) is 15.9 Å². The third-order valence-corrected chi connectivity index (χ3v) is 3.67. The van der Waals surface area contributed by atoms with Crippen LogP contribution in [0.4, 0.5) is 5.13 Å². The summed E-state index contributed by atoms with van der Waals surface area (Å²) in [6, 6.07) is 7.16. The maximum atomic E-state index is 11.7. The lowest BCUT2D eigenvalue weighted by Gasteiger charge is -2.05. The van der Waals surface area contributed by atoms with Crippen LogP contribution in [0.3, 0.4) is 0 Å². The van der Waals surface area contributed by atoms with E-state index in [9.17, 15) is 9.59 Å². The average molecular weight is 370 g/mol. The summed E-state index contributed by atoms with van der Waals surface area (Å²) in [4.78, 5) is 26.6.